The molecule has 4 heteroatoms. The molecule has 0 saturated heterocycles. The molecule has 0 bridgehead atoms. The van der Waals surface area contributed by atoms with Gasteiger partial charge in [-0.2, -0.15) is 0 Å². The van der Waals surface area contributed by atoms with Gasteiger partial charge in [0.15, 0.2) is 5.58 Å². The molecule has 0 N–H and O–H groups in total. The lowest BCUT2D eigenvalue weighted by Crippen LogP contribution is -1.74. The van der Waals surface area contributed by atoms with Crippen molar-refractivity contribution < 1.29 is 8.81 Å². The van der Waals surface area contributed by atoms with Crippen molar-refractivity contribution in [2.45, 2.75) is 0 Å². The largest absolute Gasteiger partial charge is 0.453 e. The Hall–Kier alpha value is -1.87. The van der Waals surface area contributed by atoms with Crippen molar-refractivity contribution in [2.24, 2.45) is 0 Å². The lowest BCUT2D eigenvalue weighted by atomic mass is 10.2. The van der Waals surface area contributed by atoms with Crippen molar-refractivity contribution in [3.8, 4) is 11.3 Å². The van der Waals surface area contributed by atoms with E-state index in [4.69, 9.17) is 16.0 Å². The minimum Gasteiger partial charge on any atom is -0.453 e. The molecule has 3 aromatic rings. The average molecular weight is 248 g/mol. The third-order valence-corrected chi connectivity index (χ3v) is 2.79. The van der Waals surface area contributed by atoms with Crippen LogP contribution in [-0.2, 0) is 0 Å². The van der Waals surface area contributed by atoms with Gasteiger partial charge in [0.1, 0.15) is 17.1 Å². The SMILES string of the molecule is Fc1ccc(-c2cc3nccc(Cl)c3o2)cc1. The van der Waals surface area contributed by atoms with Crippen LogP contribution in [-0.4, -0.2) is 4.98 Å². The van der Waals surface area contributed by atoms with E-state index in [0.29, 0.717) is 21.9 Å². The first kappa shape index (κ1) is 10.3. The second kappa shape index (κ2) is 3.86. The Morgan fingerprint density at radius 3 is 2.59 bits per heavy atom. The number of hydrogen-bond acceptors (Lipinski definition) is 2. The van der Waals surface area contributed by atoms with Crippen LogP contribution in [0.3, 0.4) is 0 Å². The number of nitrogens with zero attached hydrogens (tertiary/aromatic N) is 1. The Morgan fingerprint density at radius 1 is 1.12 bits per heavy atom. The van der Waals surface area contributed by atoms with Crippen LogP contribution < -0.4 is 0 Å². The van der Waals surface area contributed by atoms with Gasteiger partial charge in [0.05, 0.1) is 5.02 Å². The third kappa shape index (κ3) is 1.78. The molecule has 2 nitrogen and oxygen atoms in total. The molecule has 3 rings (SSSR count). The first-order valence-corrected chi connectivity index (χ1v) is 5.42. The minimum atomic E-state index is -0.277. The normalized spacial score (nSPS) is 10.9. The second-order valence-electron chi connectivity index (χ2n) is 3.62. The summed E-state index contributed by atoms with van der Waals surface area (Å²) in [4.78, 5) is 4.15. The highest BCUT2D eigenvalue weighted by molar-refractivity contribution is 6.34. The van der Waals surface area contributed by atoms with E-state index in [-0.39, 0.29) is 5.82 Å². The lowest BCUT2D eigenvalue weighted by Gasteiger charge is -1.95. The number of hydrogen-bond donors (Lipinski definition) is 0. The van der Waals surface area contributed by atoms with Crippen molar-refractivity contribution in [1.29, 1.82) is 0 Å². The summed E-state index contributed by atoms with van der Waals surface area (Å²) in [6.07, 6.45) is 1.62. The molecule has 0 unspecified atom stereocenters. The fourth-order valence-corrected chi connectivity index (χ4v) is 1.86. The molecular weight excluding hydrogens is 241 g/mol. The zero-order valence-electron chi connectivity index (χ0n) is 8.65. The van der Waals surface area contributed by atoms with Crippen LogP contribution in [0.5, 0.6) is 0 Å². The summed E-state index contributed by atoms with van der Waals surface area (Å²) < 4.78 is 18.4. The van der Waals surface area contributed by atoms with E-state index in [1.54, 1.807) is 30.5 Å². The van der Waals surface area contributed by atoms with Crippen LogP contribution in [0.1, 0.15) is 0 Å². The highest BCUT2D eigenvalue weighted by Crippen LogP contribution is 2.30. The maximum Gasteiger partial charge on any atom is 0.171 e. The van der Waals surface area contributed by atoms with Crippen LogP contribution in [0.25, 0.3) is 22.4 Å². The van der Waals surface area contributed by atoms with Gasteiger partial charge in [0, 0.05) is 17.8 Å². The predicted molar refractivity (Wildman–Crippen MR) is 64.4 cm³/mol. The van der Waals surface area contributed by atoms with E-state index in [9.17, 15) is 4.39 Å². The molecule has 0 fully saturated rings. The van der Waals surface area contributed by atoms with Gasteiger partial charge >= 0.3 is 0 Å². The Morgan fingerprint density at radius 2 is 1.88 bits per heavy atom. The van der Waals surface area contributed by atoms with Crippen molar-refractivity contribution in [3.63, 3.8) is 0 Å². The van der Waals surface area contributed by atoms with Gasteiger partial charge in [-0.15, -0.1) is 0 Å². The Bertz CT molecular complexity index is 675. The van der Waals surface area contributed by atoms with Crippen LogP contribution in [0.4, 0.5) is 4.39 Å². The Balaban J connectivity index is 2.18. The summed E-state index contributed by atoms with van der Waals surface area (Å²) in [7, 11) is 0. The number of rotatable bonds is 1. The smallest absolute Gasteiger partial charge is 0.171 e. The fourth-order valence-electron chi connectivity index (χ4n) is 1.66. The van der Waals surface area contributed by atoms with Gasteiger partial charge in [0.25, 0.3) is 0 Å². The molecule has 0 amide bonds. The molecule has 0 aliphatic carbocycles. The van der Waals surface area contributed by atoms with Gasteiger partial charge in [-0.05, 0) is 30.3 Å². The average Bonchev–Trinajstić information content (AvgIpc) is 2.75. The van der Waals surface area contributed by atoms with E-state index in [1.807, 2.05) is 0 Å². The van der Waals surface area contributed by atoms with Gasteiger partial charge in [-0.25, -0.2) is 4.39 Å². The van der Waals surface area contributed by atoms with E-state index >= 15 is 0 Å². The zero-order valence-corrected chi connectivity index (χ0v) is 9.41. The van der Waals surface area contributed by atoms with Crippen LogP contribution in [0.15, 0.2) is 47.0 Å². The number of furan rings is 1. The number of halogens is 2. The molecule has 0 aliphatic rings. The predicted octanol–water partition coefficient (Wildman–Crippen LogP) is 4.29. The van der Waals surface area contributed by atoms with Gasteiger partial charge in [-0.3, -0.25) is 4.98 Å². The van der Waals surface area contributed by atoms with Gasteiger partial charge in [0.2, 0.25) is 0 Å². The van der Waals surface area contributed by atoms with E-state index in [0.717, 1.165) is 5.56 Å². The quantitative estimate of drug-likeness (QED) is 0.641. The number of fused-ring (bicyclic) bond motifs is 1. The molecule has 2 heterocycles. The Kier molecular flexibility index (Phi) is 2.34. The summed E-state index contributed by atoms with van der Waals surface area (Å²) >= 11 is 5.99. The fraction of sp³-hybridized carbons (Fsp3) is 0. The summed E-state index contributed by atoms with van der Waals surface area (Å²) in [5.74, 6) is 0.349. The topological polar surface area (TPSA) is 26.0 Å². The molecule has 1 aromatic carbocycles. The summed E-state index contributed by atoms with van der Waals surface area (Å²) in [5.41, 5.74) is 2.03. The maximum atomic E-state index is 12.8. The molecule has 2 aromatic heterocycles. The van der Waals surface area contributed by atoms with E-state index < -0.39 is 0 Å². The van der Waals surface area contributed by atoms with Crippen molar-refractivity contribution in [3.05, 3.63) is 53.4 Å². The lowest BCUT2D eigenvalue weighted by molar-refractivity contribution is 0.623. The number of aromatic nitrogens is 1. The summed E-state index contributed by atoms with van der Waals surface area (Å²) in [5, 5.41) is 0.517. The van der Waals surface area contributed by atoms with E-state index in [2.05, 4.69) is 4.98 Å². The summed E-state index contributed by atoms with van der Waals surface area (Å²) in [6, 6.07) is 9.54. The maximum absolute atomic E-state index is 12.8. The third-order valence-electron chi connectivity index (χ3n) is 2.49. The van der Waals surface area contributed by atoms with Crippen LogP contribution in [0.2, 0.25) is 5.02 Å². The molecule has 0 radical (unpaired) electrons. The zero-order chi connectivity index (χ0) is 11.8. The van der Waals surface area contributed by atoms with Crippen molar-refractivity contribution in [2.75, 3.05) is 0 Å². The molecule has 17 heavy (non-hydrogen) atoms. The van der Waals surface area contributed by atoms with E-state index in [1.165, 1.54) is 12.1 Å². The minimum absolute atomic E-state index is 0.277. The molecule has 0 spiro atoms. The number of benzene rings is 1. The van der Waals surface area contributed by atoms with Crippen LogP contribution in [0, 0.1) is 5.82 Å². The first-order chi connectivity index (χ1) is 8.24. The second-order valence-corrected chi connectivity index (χ2v) is 4.03. The monoisotopic (exact) mass is 247 g/mol. The highest BCUT2D eigenvalue weighted by atomic mass is 35.5. The summed E-state index contributed by atoms with van der Waals surface area (Å²) in [6.45, 7) is 0. The molecule has 0 atom stereocenters. The molecule has 0 saturated carbocycles. The van der Waals surface area contributed by atoms with Crippen LogP contribution >= 0.6 is 11.6 Å². The number of pyridine rings is 1. The Labute approximate surface area is 102 Å². The van der Waals surface area contributed by atoms with Gasteiger partial charge < -0.3 is 4.42 Å². The standard InChI is InChI=1S/C13H7ClFNO/c14-10-5-6-16-11-7-12(17-13(10)11)8-1-3-9(15)4-2-8/h1-7H. The van der Waals surface area contributed by atoms with Crippen molar-refractivity contribution in [1.82, 2.24) is 4.98 Å². The van der Waals surface area contributed by atoms with Crippen molar-refractivity contribution >= 4 is 22.7 Å². The molecular formula is C13H7ClFNO. The molecule has 84 valence electrons. The molecule has 0 aliphatic heterocycles. The first-order valence-electron chi connectivity index (χ1n) is 5.04. The van der Waals surface area contributed by atoms with Gasteiger partial charge in [-0.1, -0.05) is 11.6 Å². The highest BCUT2D eigenvalue weighted by Gasteiger charge is 2.09.